The second kappa shape index (κ2) is 13.3. The normalized spacial score (nSPS) is 16.3. The minimum Gasteiger partial charge on any atom is -0.444 e. The molecule has 0 aliphatic carbocycles. The van der Waals surface area contributed by atoms with Gasteiger partial charge in [0.25, 0.3) is 0 Å². The lowest BCUT2D eigenvalue weighted by atomic mass is 9.92. The van der Waals surface area contributed by atoms with Crippen LogP contribution in [-0.2, 0) is 24.2 Å². The van der Waals surface area contributed by atoms with Crippen LogP contribution >= 0.6 is 0 Å². The Morgan fingerprint density at radius 3 is 1.80 bits per heavy atom. The van der Waals surface area contributed by atoms with E-state index in [0.29, 0.717) is 6.54 Å². The number of benzene rings is 3. The molecular weight excluding hydrogens is 492 g/mol. The summed E-state index contributed by atoms with van der Waals surface area (Å²) in [6, 6.07) is 32.2. The highest BCUT2D eigenvalue weighted by molar-refractivity contribution is 5.70. The van der Waals surface area contributed by atoms with E-state index in [0.717, 1.165) is 45.3 Å². The van der Waals surface area contributed by atoms with Crippen LogP contribution in [0, 0.1) is 0 Å². The third-order valence-corrected chi connectivity index (χ3v) is 7.63. The van der Waals surface area contributed by atoms with Gasteiger partial charge in [0.05, 0.1) is 0 Å². The molecule has 0 atom stereocenters. The van der Waals surface area contributed by atoms with Crippen LogP contribution < -0.4 is 0 Å². The molecule has 0 saturated carbocycles. The van der Waals surface area contributed by atoms with Crippen molar-refractivity contribution < 1.29 is 9.53 Å². The van der Waals surface area contributed by atoms with Gasteiger partial charge >= 0.3 is 6.09 Å². The maximum absolute atomic E-state index is 13.2. The summed E-state index contributed by atoms with van der Waals surface area (Å²) in [6.45, 7) is 13.6. The highest BCUT2D eigenvalue weighted by Gasteiger charge is 2.41. The molecule has 1 aliphatic heterocycles. The summed E-state index contributed by atoms with van der Waals surface area (Å²) in [5.41, 5.74) is 6.10. The van der Waals surface area contributed by atoms with Crippen LogP contribution in [-0.4, -0.2) is 40.1 Å². The topological polar surface area (TPSA) is 32.8 Å². The molecule has 3 aromatic carbocycles. The lowest BCUT2D eigenvalue weighted by Crippen LogP contribution is -2.45. The molecule has 3 aromatic rings. The van der Waals surface area contributed by atoms with E-state index in [2.05, 4.69) is 110 Å². The highest BCUT2D eigenvalue weighted by atomic mass is 16.6. The van der Waals surface area contributed by atoms with Crippen LogP contribution in [0.5, 0.6) is 0 Å². The number of likely N-dealkylation sites (tertiary alicyclic amines) is 1. The molecule has 1 saturated heterocycles. The highest BCUT2D eigenvalue weighted by Crippen LogP contribution is 2.37. The van der Waals surface area contributed by atoms with Crippen molar-refractivity contribution in [2.45, 2.75) is 84.5 Å². The lowest BCUT2D eigenvalue weighted by Gasteiger charge is -2.33. The molecule has 1 heterocycles. The quantitative estimate of drug-likeness (QED) is 0.243. The van der Waals surface area contributed by atoms with Gasteiger partial charge < -0.3 is 4.74 Å². The van der Waals surface area contributed by atoms with Gasteiger partial charge in [0.2, 0.25) is 0 Å². The van der Waals surface area contributed by atoms with E-state index in [1.54, 1.807) is 0 Å². The maximum Gasteiger partial charge on any atom is 0.411 e. The van der Waals surface area contributed by atoms with E-state index in [1.807, 2.05) is 25.7 Å². The molecule has 40 heavy (non-hydrogen) atoms. The van der Waals surface area contributed by atoms with Gasteiger partial charge in [-0.15, -0.1) is 0 Å². The van der Waals surface area contributed by atoms with Crippen molar-refractivity contribution in [2.24, 2.45) is 0 Å². The third-order valence-electron chi connectivity index (χ3n) is 7.63. The maximum atomic E-state index is 13.2. The summed E-state index contributed by atoms with van der Waals surface area (Å²) in [6.07, 6.45) is 3.66. The van der Waals surface area contributed by atoms with E-state index >= 15 is 0 Å². The minimum absolute atomic E-state index is 0.218. The smallest absolute Gasteiger partial charge is 0.411 e. The van der Waals surface area contributed by atoms with Crippen molar-refractivity contribution in [1.29, 1.82) is 0 Å². The molecule has 1 fully saturated rings. The zero-order valence-electron chi connectivity index (χ0n) is 25.0. The molecule has 4 heteroatoms. The first-order valence-electron chi connectivity index (χ1n) is 14.6. The van der Waals surface area contributed by atoms with E-state index < -0.39 is 5.60 Å². The number of ether oxygens (including phenoxy) is 1. The van der Waals surface area contributed by atoms with Crippen LogP contribution in [0.15, 0.2) is 102 Å². The van der Waals surface area contributed by atoms with Gasteiger partial charge in [-0.05, 0) is 82.6 Å². The van der Waals surface area contributed by atoms with Gasteiger partial charge in [-0.2, -0.15) is 0 Å². The summed E-state index contributed by atoms with van der Waals surface area (Å²) < 4.78 is 5.80. The third kappa shape index (κ3) is 8.82. The Morgan fingerprint density at radius 1 is 0.800 bits per heavy atom. The van der Waals surface area contributed by atoms with Crippen LogP contribution in [0.25, 0.3) is 0 Å². The number of hydrogen-bond acceptors (Lipinski definition) is 3. The molecule has 0 aromatic heterocycles. The predicted octanol–water partition coefficient (Wildman–Crippen LogP) is 8.43. The number of hydrogen-bond donors (Lipinski definition) is 0. The Balaban J connectivity index is 1.57. The number of aryl methyl sites for hydroxylation is 1. The molecule has 0 N–H and O–H groups in total. The minimum atomic E-state index is -0.509. The molecule has 0 spiro atoms. The van der Waals surface area contributed by atoms with E-state index in [9.17, 15) is 4.79 Å². The van der Waals surface area contributed by atoms with Crippen molar-refractivity contribution in [3.63, 3.8) is 0 Å². The number of amides is 1. The van der Waals surface area contributed by atoms with Gasteiger partial charge in [-0.1, -0.05) is 96.6 Å². The summed E-state index contributed by atoms with van der Waals surface area (Å²) in [4.78, 5) is 17.7. The molecule has 0 bridgehead atoms. The fourth-order valence-corrected chi connectivity index (χ4v) is 5.55. The van der Waals surface area contributed by atoms with Crippen molar-refractivity contribution in [3.05, 3.63) is 119 Å². The van der Waals surface area contributed by atoms with E-state index in [1.165, 1.54) is 27.8 Å². The Morgan fingerprint density at radius 2 is 1.30 bits per heavy atom. The zero-order valence-corrected chi connectivity index (χ0v) is 25.0. The summed E-state index contributed by atoms with van der Waals surface area (Å²) >= 11 is 0. The van der Waals surface area contributed by atoms with Crippen LogP contribution in [0.1, 0.15) is 70.6 Å². The molecule has 1 aliphatic rings. The number of rotatable bonds is 10. The van der Waals surface area contributed by atoms with Gasteiger partial charge in [0, 0.05) is 31.7 Å². The average Bonchev–Trinajstić information content (AvgIpc) is 3.24. The standard InChI is InChI=1S/C36H46N2O2/c1-35(2,3)40-34(39)38-28-33(25-36(38,4)5)32(22-21-29-15-9-6-10-16-29)23-24-37(26-30-17-11-7-12-18-30)27-31-19-13-8-14-20-31/h6-20H,21-28H2,1-5H3. The van der Waals surface area contributed by atoms with Crippen molar-refractivity contribution in [1.82, 2.24) is 9.80 Å². The lowest BCUT2D eigenvalue weighted by molar-refractivity contribution is 0.0136. The van der Waals surface area contributed by atoms with Crippen molar-refractivity contribution in [3.8, 4) is 0 Å². The molecular formula is C36H46N2O2. The summed E-state index contributed by atoms with van der Waals surface area (Å²) in [5, 5.41) is 0. The van der Waals surface area contributed by atoms with Crippen molar-refractivity contribution in [2.75, 3.05) is 13.1 Å². The molecule has 1 amide bonds. The largest absolute Gasteiger partial charge is 0.444 e. The first-order valence-corrected chi connectivity index (χ1v) is 14.6. The van der Waals surface area contributed by atoms with Crippen molar-refractivity contribution >= 4 is 6.09 Å². The monoisotopic (exact) mass is 538 g/mol. The summed E-state index contributed by atoms with van der Waals surface area (Å²) in [5.74, 6) is 0. The molecule has 0 unspecified atom stereocenters. The number of carbonyl (C=O) groups excluding carboxylic acids is 1. The Labute approximate surface area is 241 Å². The van der Waals surface area contributed by atoms with Crippen LogP contribution in [0.3, 0.4) is 0 Å². The summed E-state index contributed by atoms with van der Waals surface area (Å²) in [7, 11) is 0. The predicted molar refractivity (Wildman–Crippen MR) is 165 cm³/mol. The van der Waals surface area contributed by atoms with E-state index in [-0.39, 0.29) is 11.6 Å². The van der Waals surface area contributed by atoms with Gasteiger partial charge in [-0.25, -0.2) is 4.79 Å². The van der Waals surface area contributed by atoms with Gasteiger partial charge in [-0.3, -0.25) is 9.80 Å². The average molecular weight is 539 g/mol. The molecule has 0 radical (unpaired) electrons. The Hall–Kier alpha value is -3.37. The first-order chi connectivity index (χ1) is 19.1. The number of nitrogens with zero attached hydrogens (tertiary/aromatic N) is 2. The van der Waals surface area contributed by atoms with Crippen LogP contribution in [0.4, 0.5) is 4.79 Å². The molecule has 4 nitrogen and oxygen atoms in total. The second-order valence-electron chi connectivity index (χ2n) is 12.7. The number of carbonyl (C=O) groups is 1. The first kappa shape index (κ1) is 29.6. The fourth-order valence-electron chi connectivity index (χ4n) is 5.55. The Bertz CT molecular complexity index is 1200. The molecule has 212 valence electrons. The fraction of sp³-hybridized carbons (Fsp3) is 0.417. The second-order valence-corrected chi connectivity index (χ2v) is 12.7. The SMILES string of the molecule is CC(C)(C)OC(=O)N1CC(=C(CCc2ccccc2)CCN(Cc2ccccc2)Cc2ccccc2)CC1(C)C. The Kier molecular flexibility index (Phi) is 9.86. The van der Waals surface area contributed by atoms with E-state index in [4.69, 9.17) is 4.74 Å². The van der Waals surface area contributed by atoms with Crippen LogP contribution in [0.2, 0.25) is 0 Å². The van der Waals surface area contributed by atoms with Gasteiger partial charge in [0.1, 0.15) is 5.60 Å². The zero-order chi connectivity index (χ0) is 28.6. The van der Waals surface area contributed by atoms with Gasteiger partial charge in [0.15, 0.2) is 0 Å². The molecule has 4 rings (SSSR count).